The average Bonchev–Trinajstić information content (AvgIpc) is 2.85. The van der Waals surface area contributed by atoms with Gasteiger partial charge < -0.3 is 14.8 Å². The summed E-state index contributed by atoms with van der Waals surface area (Å²) in [6.45, 7) is 3.39. The Morgan fingerprint density at radius 1 is 1.09 bits per heavy atom. The van der Waals surface area contributed by atoms with Crippen LogP contribution in [0.5, 0.6) is 11.5 Å². The van der Waals surface area contributed by atoms with E-state index in [4.69, 9.17) is 9.47 Å². The normalized spacial score (nSPS) is 14.9. The summed E-state index contributed by atoms with van der Waals surface area (Å²) >= 11 is 0. The molecule has 0 bridgehead atoms. The van der Waals surface area contributed by atoms with Gasteiger partial charge in [-0.3, -0.25) is 14.5 Å². The molecule has 2 aromatic carbocycles. The third-order valence-corrected chi connectivity index (χ3v) is 5.35. The Kier molecular flexibility index (Phi) is 7.19. The van der Waals surface area contributed by atoms with Crippen LogP contribution in [0.4, 0.5) is 5.82 Å². The standard InChI is InChI=1S/C26H27N3O4/c1-2-32-21-14-12-19(13-15-21)18-28-23(30)11-7-17-29-25-22(10-6-16-27-25)33-24(26(29)31)20-8-4-3-5-9-20/h3-6,8-10,12-16,24H,2,7,11,17-18H2,1H3,(H,28,30)/t24-/m1/s1. The zero-order chi connectivity index (χ0) is 23.0. The fourth-order valence-electron chi connectivity index (χ4n) is 3.71. The number of nitrogens with one attached hydrogen (secondary N) is 1. The molecule has 0 spiro atoms. The highest BCUT2D eigenvalue weighted by Gasteiger charge is 2.36. The van der Waals surface area contributed by atoms with E-state index in [1.807, 2.05) is 61.5 Å². The molecule has 3 aromatic rings. The van der Waals surface area contributed by atoms with Gasteiger partial charge in [0, 0.05) is 31.3 Å². The largest absolute Gasteiger partial charge is 0.494 e. The number of ether oxygens (including phenoxy) is 2. The van der Waals surface area contributed by atoms with Crippen molar-refractivity contribution in [1.82, 2.24) is 10.3 Å². The predicted octanol–water partition coefficient (Wildman–Crippen LogP) is 4.04. The van der Waals surface area contributed by atoms with Crippen molar-refractivity contribution >= 4 is 17.6 Å². The number of carbonyl (C=O) groups is 2. The number of pyridine rings is 1. The molecular formula is C26H27N3O4. The van der Waals surface area contributed by atoms with Crippen molar-refractivity contribution < 1.29 is 19.1 Å². The van der Waals surface area contributed by atoms with Crippen LogP contribution in [0.15, 0.2) is 72.9 Å². The van der Waals surface area contributed by atoms with Crippen LogP contribution in [0.25, 0.3) is 0 Å². The molecule has 2 amide bonds. The maximum Gasteiger partial charge on any atom is 0.274 e. The summed E-state index contributed by atoms with van der Waals surface area (Å²) in [5.41, 5.74) is 1.79. The first-order chi connectivity index (χ1) is 16.2. The van der Waals surface area contributed by atoms with Crippen molar-refractivity contribution in [3.63, 3.8) is 0 Å². The first-order valence-electron chi connectivity index (χ1n) is 11.1. The Morgan fingerprint density at radius 2 is 1.88 bits per heavy atom. The predicted molar refractivity (Wildman–Crippen MR) is 125 cm³/mol. The summed E-state index contributed by atoms with van der Waals surface area (Å²) in [6.07, 6.45) is 1.73. The number of aromatic nitrogens is 1. The highest BCUT2D eigenvalue weighted by molar-refractivity contribution is 5.99. The number of nitrogens with zero attached hydrogens (tertiary/aromatic N) is 2. The minimum absolute atomic E-state index is 0.0644. The molecule has 0 fully saturated rings. The molecule has 4 rings (SSSR count). The summed E-state index contributed by atoms with van der Waals surface area (Å²) in [7, 11) is 0. The van der Waals surface area contributed by atoms with Crippen LogP contribution in [-0.2, 0) is 16.1 Å². The van der Waals surface area contributed by atoms with Gasteiger partial charge in [-0.05, 0) is 43.2 Å². The molecule has 7 heteroatoms. The summed E-state index contributed by atoms with van der Waals surface area (Å²) in [4.78, 5) is 31.5. The van der Waals surface area contributed by atoms with Crippen LogP contribution in [-0.4, -0.2) is 29.9 Å². The number of hydrogen-bond donors (Lipinski definition) is 1. The van der Waals surface area contributed by atoms with Gasteiger partial charge in [0.25, 0.3) is 5.91 Å². The smallest absolute Gasteiger partial charge is 0.274 e. The molecule has 0 saturated carbocycles. The molecule has 1 atom stereocenters. The lowest BCUT2D eigenvalue weighted by Gasteiger charge is -2.33. The van der Waals surface area contributed by atoms with E-state index < -0.39 is 6.10 Å². The molecule has 0 aliphatic carbocycles. The third kappa shape index (κ3) is 5.49. The Hall–Kier alpha value is -3.87. The second-order valence-electron chi connectivity index (χ2n) is 7.68. The van der Waals surface area contributed by atoms with E-state index in [9.17, 15) is 9.59 Å². The number of amides is 2. The molecule has 1 aliphatic rings. The van der Waals surface area contributed by atoms with Crippen molar-refractivity contribution in [1.29, 1.82) is 0 Å². The van der Waals surface area contributed by atoms with E-state index in [2.05, 4.69) is 10.3 Å². The summed E-state index contributed by atoms with van der Waals surface area (Å²) in [6, 6.07) is 20.6. The number of benzene rings is 2. The zero-order valence-corrected chi connectivity index (χ0v) is 18.6. The zero-order valence-electron chi connectivity index (χ0n) is 18.6. The first-order valence-corrected chi connectivity index (χ1v) is 11.1. The van der Waals surface area contributed by atoms with Crippen LogP contribution in [0, 0.1) is 0 Å². The van der Waals surface area contributed by atoms with Gasteiger partial charge in [0.2, 0.25) is 12.0 Å². The van der Waals surface area contributed by atoms with E-state index in [1.54, 1.807) is 23.2 Å². The van der Waals surface area contributed by atoms with E-state index in [1.165, 1.54) is 0 Å². The first kappa shape index (κ1) is 22.3. The highest BCUT2D eigenvalue weighted by atomic mass is 16.5. The van der Waals surface area contributed by atoms with E-state index in [-0.39, 0.29) is 11.8 Å². The molecule has 7 nitrogen and oxygen atoms in total. The second-order valence-corrected chi connectivity index (χ2v) is 7.68. The Labute approximate surface area is 193 Å². The van der Waals surface area contributed by atoms with Crippen LogP contribution >= 0.6 is 0 Å². The number of rotatable bonds is 9. The SMILES string of the molecule is CCOc1ccc(CNC(=O)CCCN2C(=O)[C@@H](c3ccccc3)Oc3cccnc32)cc1. The second kappa shape index (κ2) is 10.6. The van der Waals surface area contributed by atoms with E-state index in [0.717, 1.165) is 16.9 Å². The quantitative estimate of drug-likeness (QED) is 0.538. The van der Waals surface area contributed by atoms with Crippen molar-refractivity contribution in [3.05, 3.63) is 84.1 Å². The molecule has 1 aromatic heterocycles. The molecule has 1 N–H and O–H groups in total. The van der Waals surface area contributed by atoms with Gasteiger partial charge in [0.15, 0.2) is 11.6 Å². The van der Waals surface area contributed by atoms with Crippen molar-refractivity contribution in [2.45, 2.75) is 32.4 Å². The van der Waals surface area contributed by atoms with Crippen molar-refractivity contribution in [3.8, 4) is 11.5 Å². The number of fused-ring (bicyclic) bond motifs is 1. The maximum absolute atomic E-state index is 13.2. The van der Waals surface area contributed by atoms with E-state index >= 15 is 0 Å². The number of carbonyl (C=O) groups excluding carboxylic acids is 2. The Balaban J connectivity index is 1.34. The molecule has 33 heavy (non-hydrogen) atoms. The van der Waals surface area contributed by atoms with Gasteiger partial charge in [-0.15, -0.1) is 0 Å². The van der Waals surface area contributed by atoms with Crippen LogP contribution < -0.4 is 19.7 Å². The molecule has 1 aliphatic heterocycles. The maximum atomic E-state index is 13.2. The van der Waals surface area contributed by atoms with Crippen LogP contribution in [0.1, 0.15) is 37.0 Å². The summed E-state index contributed by atoms with van der Waals surface area (Å²) in [5, 5.41) is 2.93. The molecule has 2 heterocycles. The van der Waals surface area contributed by atoms with Crippen LogP contribution in [0.2, 0.25) is 0 Å². The minimum atomic E-state index is -0.726. The lowest BCUT2D eigenvalue weighted by Crippen LogP contribution is -2.42. The van der Waals surface area contributed by atoms with Gasteiger partial charge in [-0.2, -0.15) is 0 Å². The Bertz CT molecular complexity index is 1090. The summed E-state index contributed by atoms with van der Waals surface area (Å²) < 4.78 is 11.4. The fraction of sp³-hybridized carbons (Fsp3) is 0.269. The number of anilines is 1. The number of hydrogen-bond acceptors (Lipinski definition) is 5. The highest BCUT2D eigenvalue weighted by Crippen LogP contribution is 2.37. The topological polar surface area (TPSA) is 80.8 Å². The van der Waals surface area contributed by atoms with Gasteiger partial charge in [-0.1, -0.05) is 42.5 Å². The van der Waals surface area contributed by atoms with Crippen LogP contribution in [0.3, 0.4) is 0 Å². The fourth-order valence-corrected chi connectivity index (χ4v) is 3.71. The lowest BCUT2D eigenvalue weighted by atomic mass is 10.1. The third-order valence-electron chi connectivity index (χ3n) is 5.35. The summed E-state index contributed by atoms with van der Waals surface area (Å²) in [5.74, 6) is 1.62. The van der Waals surface area contributed by atoms with Gasteiger partial charge in [0.1, 0.15) is 5.75 Å². The minimum Gasteiger partial charge on any atom is -0.494 e. The monoisotopic (exact) mass is 445 g/mol. The van der Waals surface area contributed by atoms with E-state index in [0.29, 0.717) is 44.1 Å². The van der Waals surface area contributed by atoms with Crippen molar-refractivity contribution in [2.24, 2.45) is 0 Å². The molecule has 0 saturated heterocycles. The molecule has 0 unspecified atom stereocenters. The van der Waals surface area contributed by atoms with Gasteiger partial charge in [-0.25, -0.2) is 4.98 Å². The average molecular weight is 446 g/mol. The molecular weight excluding hydrogens is 418 g/mol. The van der Waals surface area contributed by atoms with Crippen molar-refractivity contribution in [2.75, 3.05) is 18.1 Å². The molecule has 170 valence electrons. The van der Waals surface area contributed by atoms with Gasteiger partial charge in [0.05, 0.1) is 6.61 Å². The van der Waals surface area contributed by atoms with Gasteiger partial charge >= 0.3 is 0 Å². The molecule has 0 radical (unpaired) electrons. The Morgan fingerprint density at radius 3 is 2.64 bits per heavy atom. The lowest BCUT2D eigenvalue weighted by molar-refractivity contribution is -0.127.